The van der Waals surface area contributed by atoms with E-state index in [0.29, 0.717) is 18.9 Å². The van der Waals surface area contributed by atoms with E-state index in [1.54, 1.807) is 6.92 Å². The number of carbonyl (C=O) groups excluding carboxylic acids is 1. The summed E-state index contributed by atoms with van der Waals surface area (Å²) in [6.45, 7) is 7.30. The minimum absolute atomic E-state index is 0.197. The lowest BCUT2D eigenvalue weighted by molar-refractivity contribution is -0.149. The van der Waals surface area contributed by atoms with Crippen LogP contribution in [0.4, 0.5) is 0 Å². The molecular weight excluding hydrogens is 270 g/mol. The standard InChI is InChI=1S/C16H25NO4/c1-5-11-20-13-7-9-14(10-8-13)21-12-16(3,17-6-2)15(18)19-4/h7-10,17H,5-6,11-12H2,1-4H3. The lowest BCUT2D eigenvalue weighted by Gasteiger charge is -2.27. The molecule has 1 aromatic carbocycles. The summed E-state index contributed by atoms with van der Waals surface area (Å²) in [4.78, 5) is 11.8. The highest BCUT2D eigenvalue weighted by atomic mass is 16.5. The molecule has 21 heavy (non-hydrogen) atoms. The number of methoxy groups -OCH3 is 1. The maximum absolute atomic E-state index is 11.8. The molecule has 1 aromatic rings. The molecule has 0 amide bonds. The van der Waals surface area contributed by atoms with Crippen LogP contribution in [-0.4, -0.2) is 38.4 Å². The third kappa shape index (κ3) is 5.27. The summed E-state index contributed by atoms with van der Waals surface area (Å²) in [6.07, 6.45) is 0.971. The lowest BCUT2D eigenvalue weighted by atomic mass is 10.0. The first kappa shape index (κ1) is 17.3. The van der Waals surface area contributed by atoms with Crippen LogP contribution in [0.15, 0.2) is 24.3 Å². The van der Waals surface area contributed by atoms with E-state index < -0.39 is 5.54 Å². The number of rotatable bonds is 9. The van der Waals surface area contributed by atoms with Gasteiger partial charge in [-0.2, -0.15) is 0 Å². The maximum atomic E-state index is 11.8. The number of nitrogens with one attached hydrogen (secondary N) is 1. The number of benzene rings is 1. The van der Waals surface area contributed by atoms with Gasteiger partial charge in [0.05, 0.1) is 13.7 Å². The van der Waals surface area contributed by atoms with Crippen LogP contribution < -0.4 is 14.8 Å². The fraction of sp³-hybridized carbons (Fsp3) is 0.562. The highest BCUT2D eigenvalue weighted by Crippen LogP contribution is 2.19. The summed E-state index contributed by atoms with van der Waals surface area (Å²) < 4.78 is 16.0. The number of ether oxygens (including phenoxy) is 3. The van der Waals surface area contributed by atoms with E-state index >= 15 is 0 Å². The fourth-order valence-electron chi connectivity index (χ4n) is 1.88. The number of hydrogen-bond acceptors (Lipinski definition) is 5. The Balaban J connectivity index is 2.61. The van der Waals surface area contributed by atoms with E-state index in [1.165, 1.54) is 7.11 Å². The van der Waals surface area contributed by atoms with Crippen molar-refractivity contribution in [3.8, 4) is 11.5 Å². The third-order valence-electron chi connectivity index (χ3n) is 3.03. The van der Waals surface area contributed by atoms with Gasteiger partial charge in [-0.05, 0) is 44.2 Å². The van der Waals surface area contributed by atoms with E-state index in [9.17, 15) is 4.79 Å². The van der Waals surface area contributed by atoms with Crippen LogP contribution in [0.3, 0.4) is 0 Å². The van der Waals surface area contributed by atoms with Crippen LogP contribution in [0.25, 0.3) is 0 Å². The first-order valence-corrected chi connectivity index (χ1v) is 7.24. The monoisotopic (exact) mass is 295 g/mol. The molecule has 1 unspecified atom stereocenters. The van der Waals surface area contributed by atoms with Crippen LogP contribution in [0.5, 0.6) is 11.5 Å². The van der Waals surface area contributed by atoms with Crippen molar-refractivity contribution in [2.24, 2.45) is 0 Å². The van der Waals surface area contributed by atoms with Crippen molar-refractivity contribution in [3.05, 3.63) is 24.3 Å². The van der Waals surface area contributed by atoms with Gasteiger partial charge in [0.1, 0.15) is 23.6 Å². The Bertz CT molecular complexity index is 432. The van der Waals surface area contributed by atoms with Crippen LogP contribution in [0, 0.1) is 0 Å². The van der Waals surface area contributed by atoms with Gasteiger partial charge in [0.25, 0.3) is 0 Å². The second-order valence-corrected chi connectivity index (χ2v) is 4.96. The predicted molar refractivity (Wildman–Crippen MR) is 81.8 cm³/mol. The molecule has 0 bridgehead atoms. The van der Waals surface area contributed by atoms with E-state index in [1.807, 2.05) is 31.2 Å². The Kier molecular flexibility index (Phi) is 7.02. The Morgan fingerprint density at radius 1 is 1.14 bits per heavy atom. The molecule has 0 spiro atoms. The number of esters is 1. The fourth-order valence-corrected chi connectivity index (χ4v) is 1.88. The zero-order chi connectivity index (χ0) is 15.7. The van der Waals surface area contributed by atoms with Crippen molar-refractivity contribution < 1.29 is 19.0 Å². The van der Waals surface area contributed by atoms with Crippen molar-refractivity contribution in [3.63, 3.8) is 0 Å². The average molecular weight is 295 g/mol. The molecule has 0 saturated carbocycles. The van der Waals surface area contributed by atoms with Crippen LogP contribution in [-0.2, 0) is 9.53 Å². The van der Waals surface area contributed by atoms with Crippen LogP contribution >= 0.6 is 0 Å². The highest BCUT2D eigenvalue weighted by Gasteiger charge is 2.34. The molecule has 0 aromatic heterocycles. The lowest BCUT2D eigenvalue weighted by Crippen LogP contribution is -2.54. The molecule has 5 heteroatoms. The number of likely N-dealkylation sites (N-methyl/N-ethyl adjacent to an activating group) is 1. The second-order valence-electron chi connectivity index (χ2n) is 4.96. The Hall–Kier alpha value is -1.75. The summed E-state index contributed by atoms with van der Waals surface area (Å²) in [7, 11) is 1.37. The molecular formula is C16H25NO4. The van der Waals surface area contributed by atoms with Gasteiger partial charge in [0, 0.05) is 0 Å². The molecule has 0 fully saturated rings. The van der Waals surface area contributed by atoms with Crippen LogP contribution in [0.2, 0.25) is 0 Å². The van der Waals surface area contributed by atoms with Gasteiger partial charge in [0.15, 0.2) is 0 Å². The first-order valence-electron chi connectivity index (χ1n) is 7.24. The largest absolute Gasteiger partial charge is 0.494 e. The molecule has 0 aliphatic rings. The highest BCUT2D eigenvalue weighted by molar-refractivity contribution is 5.80. The van der Waals surface area contributed by atoms with Gasteiger partial charge in [-0.15, -0.1) is 0 Å². The zero-order valence-electron chi connectivity index (χ0n) is 13.3. The van der Waals surface area contributed by atoms with Gasteiger partial charge in [-0.1, -0.05) is 13.8 Å². The van der Waals surface area contributed by atoms with Crippen LogP contribution in [0.1, 0.15) is 27.2 Å². The van der Waals surface area contributed by atoms with E-state index in [-0.39, 0.29) is 12.6 Å². The minimum Gasteiger partial charge on any atom is -0.494 e. The van der Waals surface area contributed by atoms with Crippen molar-refractivity contribution in [2.45, 2.75) is 32.7 Å². The van der Waals surface area contributed by atoms with Gasteiger partial charge in [-0.3, -0.25) is 5.32 Å². The van der Waals surface area contributed by atoms with Crippen molar-refractivity contribution >= 4 is 5.97 Å². The third-order valence-corrected chi connectivity index (χ3v) is 3.03. The second kappa shape index (κ2) is 8.52. The predicted octanol–water partition coefficient (Wildman–Crippen LogP) is 2.40. The topological polar surface area (TPSA) is 56.8 Å². The molecule has 0 radical (unpaired) electrons. The SMILES string of the molecule is CCCOc1ccc(OCC(C)(NCC)C(=O)OC)cc1. The van der Waals surface area contributed by atoms with Gasteiger partial charge in [0.2, 0.25) is 0 Å². The summed E-state index contributed by atoms with van der Waals surface area (Å²) in [6, 6.07) is 7.37. The maximum Gasteiger partial charge on any atom is 0.329 e. The normalized spacial score (nSPS) is 13.3. The molecule has 1 rings (SSSR count). The average Bonchev–Trinajstić information content (AvgIpc) is 2.51. The van der Waals surface area contributed by atoms with E-state index in [4.69, 9.17) is 14.2 Å². The summed E-state index contributed by atoms with van der Waals surface area (Å²) in [5.41, 5.74) is -0.860. The zero-order valence-corrected chi connectivity index (χ0v) is 13.3. The van der Waals surface area contributed by atoms with Crippen molar-refractivity contribution in [1.29, 1.82) is 0 Å². The Labute approximate surface area is 126 Å². The Morgan fingerprint density at radius 3 is 2.19 bits per heavy atom. The molecule has 1 atom stereocenters. The Morgan fingerprint density at radius 2 is 1.71 bits per heavy atom. The molecule has 0 heterocycles. The summed E-state index contributed by atoms with van der Waals surface area (Å²) >= 11 is 0. The molecule has 1 N–H and O–H groups in total. The number of hydrogen-bond donors (Lipinski definition) is 1. The number of carbonyl (C=O) groups is 1. The van der Waals surface area contributed by atoms with Gasteiger partial charge in [-0.25, -0.2) is 4.79 Å². The molecule has 0 aliphatic heterocycles. The first-order chi connectivity index (χ1) is 10.1. The van der Waals surface area contributed by atoms with Gasteiger partial charge < -0.3 is 14.2 Å². The summed E-state index contributed by atoms with van der Waals surface area (Å²) in [5, 5.41) is 3.09. The van der Waals surface area contributed by atoms with Crippen molar-refractivity contribution in [2.75, 3.05) is 26.9 Å². The molecule has 5 nitrogen and oxygen atoms in total. The van der Waals surface area contributed by atoms with Crippen molar-refractivity contribution in [1.82, 2.24) is 5.32 Å². The van der Waals surface area contributed by atoms with E-state index in [2.05, 4.69) is 12.2 Å². The summed E-state index contributed by atoms with van der Waals surface area (Å²) in [5.74, 6) is 1.16. The minimum atomic E-state index is -0.860. The van der Waals surface area contributed by atoms with E-state index in [0.717, 1.165) is 12.2 Å². The van der Waals surface area contributed by atoms with Gasteiger partial charge >= 0.3 is 5.97 Å². The molecule has 0 aliphatic carbocycles. The molecule has 0 saturated heterocycles. The smallest absolute Gasteiger partial charge is 0.329 e. The quantitative estimate of drug-likeness (QED) is 0.709. The molecule has 118 valence electrons.